The Labute approximate surface area is 83.2 Å². The predicted molar refractivity (Wildman–Crippen MR) is 54.4 cm³/mol. The van der Waals surface area contributed by atoms with Crippen LogP contribution in [0.5, 0.6) is 0 Å². The van der Waals surface area contributed by atoms with Crippen molar-refractivity contribution in [3.8, 4) is 6.19 Å². The van der Waals surface area contributed by atoms with Crippen LogP contribution in [0, 0.1) is 11.5 Å². The second-order valence-corrected chi connectivity index (χ2v) is 2.87. The second-order valence-electron chi connectivity index (χ2n) is 2.87. The Hall–Kier alpha value is -2.55. The molecular weight excluding hydrogens is 196 g/mol. The zero-order valence-electron chi connectivity index (χ0n) is 7.50. The molecule has 0 aliphatic carbocycles. The normalized spacial score (nSPS) is 9.80. The monoisotopic (exact) mass is 202 g/mol. The van der Waals surface area contributed by atoms with Gasteiger partial charge in [-0.3, -0.25) is 25.1 Å². The Bertz CT molecular complexity index is 662. The molecule has 0 saturated heterocycles. The standard InChI is InChI=1S/C9H6N4O2/c10-4-11-6-3-1-2-5-7(6)9(15)13-12-8(5)14/h1-3,11H,(H,12,14)(H,13,15). The number of nitriles is 1. The van der Waals surface area contributed by atoms with Gasteiger partial charge in [-0.1, -0.05) is 6.07 Å². The lowest BCUT2D eigenvalue weighted by Gasteiger charge is -2.01. The predicted octanol–water partition coefficient (Wildman–Crippen LogP) is 0.109. The van der Waals surface area contributed by atoms with Crippen LogP contribution in [0.25, 0.3) is 10.8 Å². The van der Waals surface area contributed by atoms with Crippen LogP contribution in [-0.4, -0.2) is 10.2 Å². The molecule has 2 rings (SSSR count). The lowest BCUT2D eigenvalue weighted by atomic mass is 10.1. The third-order valence-corrected chi connectivity index (χ3v) is 2.02. The number of rotatable bonds is 1. The molecule has 74 valence electrons. The summed E-state index contributed by atoms with van der Waals surface area (Å²) in [5.74, 6) is 0. The van der Waals surface area contributed by atoms with Crippen molar-refractivity contribution in [2.45, 2.75) is 0 Å². The fourth-order valence-electron chi connectivity index (χ4n) is 1.39. The van der Waals surface area contributed by atoms with Gasteiger partial charge in [0.05, 0.1) is 16.5 Å². The van der Waals surface area contributed by atoms with Gasteiger partial charge in [-0.25, -0.2) is 0 Å². The second kappa shape index (κ2) is 3.31. The van der Waals surface area contributed by atoms with Crippen LogP contribution in [0.1, 0.15) is 0 Å². The zero-order valence-corrected chi connectivity index (χ0v) is 7.50. The molecule has 1 heterocycles. The van der Waals surface area contributed by atoms with Crippen molar-refractivity contribution in [2.24, 2.45) is 0 Å². The van der Waals surface area contributed by atoms with Crippen molar-refractivity contribution < 1.29 is 0 Å². The topological polar surface area (TPSA) is 102 Å². The maximum atomic E-state index is 11.5. The number of nitrogens with zero attached hydrogens (tertiary/aromatic N) is 1. The highest BCUT2D eigenvalue weighted by atomic mass is 16.1. The molecule has 0 amide bonds. The summed E-state index contributed by atoms with van der Waals surface area (Å²) in [6, 6.07) is 4.67. The largest absolute Gasteiger partial charge is 0.292 e. The van der Waals surface area contributed by atoms with Crippen LogP contribution < -0.4 is 16.4 Å². The molecule has 0 aliphatic heterocycles. The van der Waals surface area contributed by atoms with E-state index in [-0.39, 0.29) is 10.8 Å². The summed E-state index contributed by atoms with van der Waals surface area (Å²) >= 11 is 0. The SMILES string of the molecule is N#CNc1cccc2c(=O)[nH][nH]c(=O)c12. The quantitative estimate of drug-likeness (QED) is 0.451. The minimum absolute atomic E-state index is 0.183. The van der Waals surface area contributed by atoms with E-state index in [9.17, 15) is 9.59 Å². The minimum Gasteiger partial charge on any atom is -0.292 e. The summed E-state index contributed by atoms with van der Waals surface area (Å²) in [7, 11) is 0. The number of anilines is 1. The summed E-state index contributed by atoms with van der Waals surface area (Å²) < 4.78 is 0. The number of hydrogen-bond acceptors (Lipinski definition) is 4. The molecule has 0 aliphatic rings. The molecule has 0 fully saturated rings. The molecule has 0 radical (unpaired) electrons. The number of aromatic nitrogens is 2. The van der Waals surface area contributed by atoms with Gasteiger partial charge >= 0.3 is 0 Å². The van der Waals surface area contributed by atoms with Crippen LogP contribution in [0.3, 0.4) is 0 Å². The van der Waals surface area contributed by atoms with Gasteiger partial charge in [0.1, 0.15) is 0 Å². The van der Waals surface area contributed by atoms with Gasteiger partial charge in [0.2, 0.25) is 0 Å². The van der Waals surface area contributed by atoms with Gasteiger partial charge in [-0.2, -0.15) is 5.26 Å². The van der Waals surface area contributed by atoms with Crippen LogP contribution in [0.4, 0.5) is 5.69 Å². The van der Waals surface area contributed by atoms with E-state index in [1.165, 1.54) is 6.07 Å². The third kappa shape index (κ3) is 1.36. The zero-order chi connectivity index (χ0) is 10.8. The van der Waals surface area contributed by atoms with Gasteiger partial charge in [0, 0.05) is 0 Å². The number of fused-ring (bicyclic) bond motifs is 1. The molecule has 3 N–H and O–H groups in total. The molecule has 2 aromatic rings. The molecular formula is C9H6N4O2. The Balaban J connectivity index is 2.98. The molecule has 15 heavy (non-hydrogen) atoms. The fourth-order valence-corrected chi connectivity index (χ4v) is 1.39. The van der Waals surface area contributed by atoms with E-state index in [0.717, 1.165) is 0 Å². The summed E-state index contributed by atoms with van der Waals surface area (Å²) in [6.45, 7) is 0. The smallest absolute Gasteiger partial charge is 0.272 e. The Morgan fingerprint density at radius 1 is 1.20 bits per heavy atom. The average molecular weight is 202 g/mol. The van der Waals surface area contributed by atoms with Gasteiger partial charge in [-0.05, 0) is 12.1 Å². The van der Waals surface area contributed by atoms with E-state index < -0.39 is 11.1 Å². The van der Waals surface area contributed by atoms with Crippen molar-refractivity contribution in [3.63, 3.8) is 0 Å². The number of benzene rings is 1. The summed E-state index contributed by atoms with van der Waals surface area (Å²) in [6.07, 6.45) is 1.71. The third-order valence-electron chi connectivity index (χ3n) is 2.02. The molecule has 0 atom stereocenters. The Kier molecular flexibility index (Phi) is 1.99. The molecule has 0 unspecified atom stereocenters. The van der Waals surface area contributed by atoms with E-state index in [1.807, 2.05) is 0 Å². The first-order valence-corrected chi connectivity index (χ1v) is 4.13. The van der Waals surface area contributed by atoms with Gasteiger partial charge < -0.3 is 0 Å². The van der Waals surface area contributed by atoms with Gasteiger partial charge in [0.25, 0.3) is 11.1 Å². The van der Waals surface area contributed by atoms with Crippen molar-refractivity contribution in [1.29, 1.82) is 5.26 Å². The lowest BCUT2D eigenvalue weighted by molar-refractivity contribution is 0.977. The van der Waals surface area contributed by atoms with E-state index >= 15 is 0 Å². The number of H-pyrrole nitrogens is 2. The molecule has 6 nitrogen and oxygen atoms in total. The lowest BCUT2D eigenvalue weighted by Crippen LogP contribution is -2.19. The first kappa shape index (κ1) is 9.02. The summed E-state index contributed by atoms with van der Waals surface area (Å²) in [5, 5.41) is 15.7. The van der Waals surface area contributed by atoms with E-state index in [2.05, 4.69) is 15.5 Å². The minimum atomic E-state index is -0.442. The number of hydrogen-bond donors (Lipinski definition) is 3. The van der Waals surface area contributed by atoms with Crippen molar-refractivity contribution in [1.82, 2.24) is 10.2 Å². The Morgan fingerprint density at radius 2 is 1.93 bits per heavy atom. The molecule has 0 bridgehead atoms. The molecule has 0 spiro atoms. The van der Waals surface area contributed by atoms with Gasteiger partial charge in [0.15, 0.2) is 6.19 Å². The molecule has 0 saturated carbocycles. The first-order valence-electron chi connectivity index (χ1n) is 4.13. The van der Waals surface area contributed by atoms with Crippen LogP contribution in [-0.2, 0) is 0 Å². The highest BCUT2D eigenvalue weighted by molar-refractivity contribution is 5.92. The molecule has 6 heteroatoms. The highest BCUT2D eigenvalue weighted by Gasteiger charge is 2.06. The van der Waals surface area contributed by atoms with Crippen molar-refractivity contribution in [2.75, 3.05) is 5.32 Å². The van der Waals surface area contributed by atoms with Gasteiger partial charge in [-0.15, -0.1) is 0 Å². The average Bonchev–Trinajstić information content (AvgIpc) is 2.24. The summed E-state index contributed by atoms with van der Waals surface area (Å²) in [4.78, 5) is 22.8. The molecule has 1 aromatic heterocycles. The van der Waals surface area contributed by atoms with Crippen LogP contribution >= 0.6 is 0 Å². The molecule has 1 aromatic carbocycles. The van der Waals surface area contributed by atoms with Crippen LogP contribution in [0.15, 0.2) is 27.8 Å². The van der Waals surface area contributed by atoms with Crippen LogP contribution in [0.2, 0.25) is 0 Å². The number of nitrogens with one attached hydrogen (secondary N) is 3. The highest BCUT2D eigenvalue weighted by Crippen LogP contribution is 2.15. The van der Waals surface area contributed by atoms with Crippen molar-refractivity contribution in [3.05, 3.63) is 38.9 Å². The van der Waals surface area contributed by atoms with E-state index in [1.54, 1.807) is 18.3 Å². The summed E-state index contributed by atoms with van der Waals surface area (Å²) in [5.41, 5.74) is -0.517. The fraction of sp³-hybridized carbons (Fsp3) is 0. The number of aromatic amines is 2. The maximum Gasteiger partial charge on any atom is 0.272 e. The first-order chi connectivity index (χ1) is 7.24. The van der Waals surface area contributed by atoms with E-state index in [4.69, 9.17) is 5.26 Å². The van der Waals surface area contributed by atoms with E-state index in [0.29, 0.717) is 5.69 Å². The Morgan fingerprint density at radius 3 is 2.67 bits per heavy atom. The maximum absolute atomic E-state index is 11.5. The van der Waals surface area contributed by atoms with Crippen molar-refractivity contribution >= 4 is 16.5 Å².